The van der Waals surface area contributed by atoms with Gasteiger partial charge in [-0.1, -0.05) is 6.07 Å². The Bertz CT molecular complexity index is 1030. The summed E-state index contributed by atoms with van der Waals surface area (Å²) >= 11 is 1.36. The molecular weight excluding hydrogens is 336 g/mol. The Hall–Kier alpha value is -2.52. The van der Waals surface area contributed by atoms with Crippen LogP contribution in [-0.2, 0) is 14.8 Å². The van der Waals surface area contributed by atoms with Crippen LogP contribution in [0.15, 0.2) is 46.9 Å². The molecule has 0 spiro atoms. The van der Waals surface area contributed by atoms with Crippen LogP contribution in [0.4, 0.5) is 11.5 Å². The van der Waals surface area contributed by atoms with Gasteiger partial charge in [-0.3, -0.25) is 4.79 Å². The fourth-order valence-electron chi connectivity index (χ4n) is 2.47. The number of anilines is 2. The number of carbonyl (C=O) groups excluding carboxylic acids is 1. The molecule has 7 nitrogen and oxygen atoms in total. The van der Waals surface area contributed by atoms with Crippen LogP contribution in [0.3, 0.4) is 0 Å². The number of carbonyl (C=O) groups is 1. The summed E-state index contributed by atoms with van der Waals surface area (Å²) in [6.07, 6.45) is 1.49. The Labute approximate surface area is 135 Å². The van der Waals surface area contributed by atoms with E-state index in [1.807, 2.05) is 0 Å². The van der Waals surface area contributed by atoms with Crippen LogP contribution >= 0.6 is 11.3 Å². The molecule has 3 heterocycles. The van der Waals surface area contributed by atoms with Crippen molar-refractivity contribution in [1.29, 1.82) is 0 Å². The molecule has 0 saturated heterocycles. The molecule has 1 aliphatic heterocycles. The van der Waals surface area contributed by atoms with Gasteiger partial charge >= 0.3 is 0 Å². The zero-order valence-electron chi connectivity index (χ0n) is 11.6. The zero-order chi connectivity index (χ0) is 16.0. The quantitative estimate of drug-likeness (QED) is 0.764. The Morgan fingerprint density at radius 1 is 1.17 bits per heavy atom. The summed E-state index contributed by atoms with van der Waals surface area (Å²) in [7, 11) is -3.95. The summed E-state index contributed by atoms with van der Waals surface area (Å²) in [5.41, 5.74) is 2.37. The van der Waals surface area contributed by atoms with Crippen molar-refractivity contribution >= 4 is 49.0 Å². The van der Waals surface area contributed by atoms with Gasteiger partial charge in [-0.25, -0.2) is 22.7 Å². The van der Waals surface area contributed by atoms with E-state index >= 15 is 0 Å². The zero-order valence-corrected chi connectivity index (χ0v) is 13.3. The van der Waals surface area contributed by atoms with Crippen molar-refractivity contribution in [2.75, 3.05) is 16.2 Å². The van der Waals surface area contributed by atoms with E-state index in [-0.39, 0.29) is 17.3 Å². The molecule has 1 amide bonds. The molecule has 0 aliphatic carbocycles. The second kappa shape index (κ2) is 5.00. The van der Waals surface area contributed by atoms with Crippen LogP contribution < -0.4 is 9.62 Å². The molecule has 2 aromatic heterocycles. The highest BCUT2D eigenvalue weighted by molar-refractivity contribution is 7.93. The summed E-state index contributed by atoms with van der Waals surface area (Å²) in [6, 6.07) is 8.21. The smallest absolute Gasteiger partial charge is 0.268 e. The number of rotatable bonds is 2. The van der Waals surface area contributed by atoms with Crippen LogP contribution in [0.25, 0.3) is 10.2 Å². The maximum Gasteiger partial charge on any atom is 0.268 e. The minimum Gasteiger partial charge on any atom is -0.321 e. The van der Waals surface area contributed by atoms with E-state index in [2.05, 4.69) is 15.3 Å². The number of hydrogen-bond acceptors (Lipinski definition) is 6. The minimum atomic E-state index is -3.95. The molecule has 1 N–H and O–H groups in total. The normalized spacial score (nSPS) is 14.6. The van der Waals surface area contributed by atoms with Crippen molar-refractivity contribution in [3.05, 3.63) is 42.0 Å². The summed E-state index contributed by atoms with van der Waals surface area (Å²) < 4.78 is 28.0. The van der Waals surface area contributed by atoms with Crippen LogP contribution in [0.1, 0.15) is 0 Å². The number of pyridine rings is 1. The number of nitrogens with zero attached hydrogens (tertiary/aromatic N) is 3. The number of hydrogen-bond donors (Lipinski definition) is 1. The first-order chi connectivity index (χ1) is 11.1. The number of amides is 1. The highest BCUT2D eigenvalue weighted by Gasteiger charge is 2.34. The lowest BCUT2D eigenvalue weighted by molar-refractivity contribution is -0.115. The van der Waals surface area contributed by atoms with Crippen LogP contribution in [-0.4, -0.2) is 30.8 Å². The number of sulfonamides is 1. The lowest BCUT2D eigenvalue weighted by Crippen LogP contribution is -2.42. The van der Waals surface area contributed by atoms with Crippen molar-refractivity contribution in [3.63, 3.8) is 0 Å². The van der Waals surface area contributed by atoms with Gasteiger partial charge in [0.05, 0.1) is 15.9 Å². The van der Waals surface area contributed by atoms with Gasteiger partial charge in [0.1, 0.15) is 17.0 Å². The number of nitrogens with one attached hydrogen (secondary N) is 1. The number of aromatic nitrogens is 2. The second-order valence-electron chi connectivity index (χ2n) is 4.89. The summed E-state index contributed by atoms with van der Waals surface area (Å²) in [6.45, 7) is -0.313. The van der Waals surface area contributed by atoms with Crippen molar-refractivity contribution in [1.82, 2.24) is 9.97 Å². The average Bonchev–Trinajstić information content (AvgIpc) is 3.02. The van der Waals surface area contributed by atoms with E-state index in [9.17, 15) is 13.2 Å². The van der Waals surface area contributed by atoms with E-state index in [4.69, 9.17) is 0 Å². The monoisotopic (exact) mass is 346 g/mol. The Kier molecular flexibility index (Phi) is 3.06. The Morgan fingerprint density at radius 2 is 2.04 bits per heavy atom. The standard InChI is InChI=1S/C14H10N4O3S2/c19-12-7-18(14-9(17-12)3-2-6-15-14)23(20,21)11-5-1-4-10-13(11)16-8-22-10/h1-6,8H,7H2,(H,17,19). The second-order valence-corrected chi connectivity index (χ2v) is 7.61. The summed E-state index contributed by atoms with van der Waals surface area (Å²) in [5.74, 6) is -0.195. The van der Waals surface area contributed by atoms with Crippen LogP contribution in [0, 0.1) is 0 Å². The summed E-state index contributed by atoms with van der Waals surface area (Å²) in [5, 5.41) is 2.62. The Morgan fingerprint density at radius 3 is 2.91 bits per heavy atom. The SMILES string of the molecule is O=C1CN(S(=O)(=O)c2cccc3scnc23)c2ncccc2N1. The summed E-state index contributed by atoms with van der Waals surface area (Å²) in [4.78, 5) is 20.2. The first-order valence-corrected chi connectivity index (χ1v) is 8.99. The minimum absolute atomic E-state index is 0.0718. The predicted octanol–water partition coefficient (Wildman–Crippen LogP) is 1.84. The van der Waals surface area contributed by atoms with Crippen molar-refractivity contribution < 1.29 is 13.2 Å². The van der Waals surface area contributed by atoms with Gasteiger partial charge in [-0.05, 0) is 24.3 Å². The van der Waals surface area contributed by atoms with Crippen molar-refractivity contribution in [3.8, 4) is 0 Å². The van der Waals surface area contributed by atoms with E-state index in [1.165, 1.54) is 23.6 Å². The van der Waals surface area contributed by atoms with Crippen LogP contribution in [0.2, 0.25) is 0 Å². The van der Waals surface area contributed by atoms with Gasteiger partial charge in [0.15, 0.2) is 5.82 Å². The van der Waals surface area contributed by atoms with E-state index in [0.717, 1.165) is 9.01 Å². The lowest BCUT2D eigenvalue weighted by atomic mass is 10.3. The topological polar surface area (TPSA) is 92.3 Å². The van der Waals surface area contributed by atoms with E-state index in [1.54, 1.807) is 29.8 Å². The lowest BCUT2D eigenvalue weighted by Gasteiger charge is -2.28. The number of benzene rings is 1. The Balaban J connectivity index is 1.93. The molecule has 1 aromatic carbocycles. The maximum atomic E-state index is 13.1. The highest BCUT2D eigenvalue weighted by atomic mass is 32.2. The van der Waals surface area contributed by atoms with Crippen molar-refractivity contribution in [2.45, 2.75) is 4.90 Å². The molecule has 0 fully saturated rings. The number of fused-ring (bicyclic) bond motifs is 2. The van der Waals surface area contributed by atoms with E-state index in [0.29, 0.717) is 11.2 Å². The number of para-hydroxylation sites is 1. The van der Waals surface area contributed by atoms with Gasteiger partial charge in [0, 0.05) is 6.20 Å². The molecule has 0 bridgehead atoms. The third-order valence-electron chi connectivity index (χ3n) is 3.48. The maximum absolute atomic E-state index is 13.1. The molecule has 4 rings (SSSR count). The van der Waals surface area contributed by atoms with Gasteiger partial charge < -0.3 is 5.32 Å². The molecule has 0 radical (unpaired) electrons. The molecule has 0 unspecified atom stereocenters. The molecular formula is C14H10N4O3S2. The molecule has 23 heavy (non-hydrogen) atoms. The third kappa shape index (κ3) is 2.16. The largest absolute Gasteiger partial charge is 0.321 e. The predicted molar refractivity (Wildman–Crippen MR) is 87.0 cm³/mol. The molecule has 0 saturated carbocycles. The first kappa shape index (κ1) is 14.1. The van der Waals surface area contributed by atoms with Gasteiger partial charge in [-0.15, -0.1) is 11.3 Å². The molecule has 116 valence electrons. The van der Waals surface area contributed by atoms with Crippen LogP contribution in [0.5, 0.6) is 0 Å². The van der Waals surface area contributed by atoms with Gasteiger partial charge in [0.2, 0.25) is 5.91 Å². The van der Waals surface area contributed by atoms with Crippen molar-refractivity contribution in [2.24, 2.45) is 0 Å². The average molecular weight is 346 g/mol. The molecule has 0 atom stereocenters. The van der Waals surface area contributed by atoms with E-state index < -0.39 is 15.9 Å². The highest BCUT2D eigenvalue weighted by Crippen LogP contribution is 2.33. The molecule has 3 aromatic rings. The fraction of sp³-hybridized carbons (Fsp3) is 0.0714. The van der Waals surface area contributed by atoms with Gasteiger partial charge in [0.25, 0.3) is 10.0 Å². The molecule has 1 aliphatic rings. The molecule has 9 heteroatoms. The first-order valence-electron chi connectivity index (χ1n) is 6.67. The third-order valence-corrected chi connectivity index (χ3v) is 6.04. The van der Waals surface area contributed by atoms with Gasteiger partial charge in [-0.2, -0.15) is 0 Å². The number of thiazole rings is 1. The fourth-order valence-corrected chi connectivity index (χ4v) is 4.80.